The summed E-state index contributed by atoms with van der Waals surface area (Å²) >= 11 is 0. The van der Waals surface area contributed by atoms with Crippen LogP contribution in [0, 0.1) is 12.8 Å². The lowest BCUT2D eigenvalue weighted by Gasteiger charge is -2.38. The van der Waals surface area contributed by atoms with Gasteiger partial charge < -0.3 is 10.4 Å². The van der Waals surface area contributed by atoms with E-state index in [1.165, 1.54) is 0 Å². The Hall–Kier alpha value is -2.15. The highest BCUT2D eigenvalue weighted by atomic mass is 19.4. The van der Waals surface area contributed by atoms with Crippen molar-refractivity contribution in [2.24, 2.45) is 5.92 Å². The predicted molar refractivity (Wildman–Crippen MR) is 88.1 cm³/mol. The number of pyridine rings is 2. The number of nitrogens with zero attached hydrogens (tertiary/aromatic N) is 2. The van der Waals surface area contributed by atoms with Crippen molar-refractivity contribution in [3.05, 3.63) is 53.5 Å². The molecule has 0 bridgehead atoms. The van der Waals surface area contributed by atoms with E-state index in [0.29, 0.717) is 25.0 Å². The van der Waals surface area contributed by atoms with Gasteiger partial charge in [0.2, 0.25) is 0 Å². The first-order valence-corrected chi connectivity index (χ1v) is 8.21. The summed E-state index contributed by atoms with van der Waals surface area (Å²) in [5, 5.41) is 12.7. The number of nitrogens with one attached hydrogen (secondary N) is 1. The number of hydrogen-bond donors (Lipinski definition) is 2. The highest BCUT2D eigenvalue weighted by molar-refractivity contribution is 5.42. The first-order valence-electron chi connectivity index (χ1n) is 8.21. The van der Waals surface area contributed by atoms with Gasteiger partial charge in [0.05, 0.1) is 11.7 Å². The van der Waals surface area contributed by atoms with Crippen LogP contribution in [0.1, 0.15) is 29.8 Å². The largest absolute Gasteiger partial charge is 0.416 e. The Balaban J connectivity index is 1.81. The second-order valence-electron chi connectivity index (χ2n) is 6.54. The van der Waals surface area contributed by atoms with Gasteiger partial charge in [0, 0.05) is 30.0 Å². The molecule has 7 heteroatoms. The highest BCUT2D eigenvalue weighted by Crippen LogP contribution is 2.34. The minimum atomic E-state index is -4.41. The fourth-order valence-corrected chi connectivity index (χ4v) is 3.13. The van der Waals surface area contributed by atoms with Crippen LogP contribution in [0.3, 0.4) is 0 Å². The van der Waals surface area contributed by atoms with Crippen LogP contribution < -0.4 is 5.32 Å². The molecule has 4 nitrogen and oxygen atoms in total. The zero-order chi connectivity index (χ0) is 18.0. The molecule has 2 aromatic rings. The fraction of sp³-hybridized carbons (Fsp3) is 0.444. The van der Waals surface area contributed by atoms with Crippen molar-refractivity contribution in [1.29, 1.82) is 0 Å². The smallest absolute Gasteiger partial charge is 0.393 e. The van der Waals surface area contributed by atoms with Crippen LogP contribution in [-0.2, 0) is 12.6 Å². The van der Waals surface area contributed by atoms with Gasteiger partial charge >= 0.3 is 6.18 Å². The number of rotatable bonds is 5. The zero-order valence-corrected chi connectivity index (χ0v) is 13.8. The summed E-state index contributed by atoms with van der Waals surface area (Å²) in [6, 6.07) is 7.51. The van der Waals surface area contributed by atoms with Crippen molar-refractivity contribution in [1.82, 2.24) is 9.97 Å². The Morgan fingerprint density at radius 1 is 1.28 bits per heavy atom. The van der Waals surface area contributed by atoms with Crippen LogP contribution in [0.15, 0.2) is 36.5 Å². The quantitative estimate of drug-likeness (QED) is 0.864. The average molecular weight is 351 g/mol. The van der Waals surface area contributed by atoms with Gasteiger partial charge in [0.25, 0.3) is 0 Å². The van der Waals surface area contributed by atoms with Gasteiger partial charge in [-0.2, -0.15) is 13.2 Å². The summed E-state index contributed by atoms with van der Waals surface area (Å²) in [7, 11) is 0. The predicted octanol–water partition coefficient (Wildman–Crippen LogP) is 3.60. The molecule has 1 aliphatic rings. The Kier molecular flexibility index (Phi) is 4.94. The van der Waals surface area contributed by atoms with Gasteiger partial charge in [-0.15, -0.1) is 0 Å². The van der Waals surface area contributed by atoms with Crippen molar-refractivity contribution in [3.63, 3.8) is 0 Å². The molecule has 0 aliphatic heterocycles. The molecule has 3 rings (SSSR count). The van der Waals surface area contributed by atoms with Crippen LogP contribution >= 0.6 is 0 Å². The van der Waals surface area contributed by atoms with Crippen molar-refractivity contribution < 1.29 is 18.3 Å². The first-order chi connectivity index (χ1) is 11.8. The summed E-state index contributed by atoms with van der Waals surface area (Å²) in [5.74, 6) is 0.378. The summed E-state index contributed by atoms with van der Waals surface area (Å²) < 4.78 is 39.1. The van der Waals surface area contributed by atoms with E-state index < -0.39 is 11.7 Å². The van der Waals surface area contributed by atoms with E-state index in [1.54, 1.807) is 13.1 Å². The minimum absolute atomic E-state index is 0.131. The number of hydrogen-bond acceptors (Lipinski definition) is 4. The van der Waals surface area contributed by atoms with E-state index in [0.717, 1.165) is 17.8 Å². The third kappa shape index (κ3) is 4.48. The Morgan fingerprint density at radius 2 is 2.04 bits per heavy atom. The van der Waals surface area contributed by atoms with E-state index in [-0.39, 0.29) is 23.9 Å². The van der Waals surface area contributed by atoms with Crippen molar-refractivity contribution in [2.75, 3.05) is 5.32 Å². The molecule has 1 atom stereocenters. The molecule has 1 aliphatic carbocycles. The van der Waals surface area contributed by atoms with E-state index >= 15 is 0 Å². The fourth-order valence-electron chi connectivity index (χ4n) is 3.13. The average Bonchev–Trinajstić information content (AvgIpc) is 2.51. The number of anilines is 1. The van der Waals surface area contributed by atoms with E-state index in [9.17, 15) is 18.3 Å². The molecule has 0 radical (unpaired) electrons. The van der Waals surface area contributed by atoms with Gasteiger partial charge in [-0.05, 0) is 49.9 Å². The number of alkyl halides is 3. The second-order valence-corrected chi connectivity index (χ2v) is 6.54. The highest BCUT2D eigenvalue weighted by Gasteiger charge is 2.35. The minimum Gasteiger partial charge on any atom is -0.393 e. The molecule has 0 amide bonds. The van der Waals surface area contributed by atoms with Crippen LogP contribution in [0.25, 0.3) is 0 Å². The summed E-state index contributed by atoms with van der Waals surface area (Å²) in [6.45, 7) is 1.54. The molecule has 2 heterocycles. The molecule has 1 unspecified atom stereocenters. The number of aromatic nitrogens is 2. The van der Waals surface area contributed by atoms with Crippen molar-refractivity contribution >= 4 is 5.82 Å². The second kappa shape index (κ2) is 7.00. The normalized spacial score (nSPS) is 21.5. The topological polar surface area (TPSA) is 58.0 Å². The van der Waals surface area contributed by atoms with Crippen molar-refractivity contribution in [2.45, 2.75) is 44.5 Å². The van der Waals surface area contributed by atoms with Gasteiger partial charge in [0.1, 0.15) is 5.82 Å². The third-order valence-electron chi connectivity index (χ3n) is 4.49. The van der Waals surface area contributed by atoms with Crippen LogP contribution in [0.2, 0.25) is 0 Å². The SMILES string of the molecule is Cc1cc(C(F)(F)F)cc(NC(Cc2ccccn2)C2CC(O)C2)n1. The lowest BCUT2D eigenvalue weighted by atomic mass is 9.76. The molecular formula is C18H20F3N3O. The maximum Gasteiger partial charge on any atom is 0.416 e. The van der Waals surface area contributed by atoms with Gasteiger partial charge in [-0.1, -0.05) is 6.07 Å². The number of aryl methyl sites for hydroxylation is 1. The van der Waals surface area contributed by atoms with Crippen LogP contribution in [0.4, 0.5) is 19.0 Å². The van der Waals surface area contributed by atoms with E-state index in [2.05, 4.69) is 15.3 Å². The lowest BCUT2D eigenvalue weighted by Crippen LogP contribution is -2.42. The third-order valence-corrected chi connectivity index (χ3v) is 4.49. The number of halogens is 3. The molecule has 2 aromatic heterocycles. The van der Waals surface area contributed by atoms with Gasteiger partial charge in [-0.25, -0.2) is 4.98 Å². The number of aliphatic hydroxyl groups is 1. The Morgan fingerprint density at radius 3 is 2.64 bits per heavy atom. The van der Waals surface area contributed by atoms with Crippen LogP contribution in [-0.4, -0.2) is 27.2 Å². The molecule has 0 spiro atoms. The van der Waals surface area contributed by atoms with Crippen LogP contribution in [0.5, 0.6) is 0 Å². The molecule has 2 N–H and O–H groups in total. The zero-order valence-electron chi connectivity index (χ0n) is 13.8. The molecule has 0 saturated heterocycles. The van der Waals surface area contributed by atoms with Crippen molar-refractivity contribution in [3.8, 4) is 0 Å². The maximum absolute atomic E-state index is 13.0. The Labute approximate surface area is 144 Å². The van der Waals surface area contributed by atoms with Gasteiger partial charge in [0.15, 0.2) is 0 Å². The molecular weight excluding hydrogens is 331 g/mol. The van der Waals surface area contributed by atoms with E-state index in [4.69, 9.17) is 0 Å². The summed E-state index contributed by atoms with van der Waals surface area (Å²) in [4.78, 5) is 8.49. The van der Waals surface area contributed by atoms with E-state index in [1.807, 2.05) is 18.2 Å². The molecule has 0 aromatic carbocycles. The first kappa shape index (κ1) is 17.7. The summed E-state index contributed by atoms with van der Waals surface area (Å²) in [5.41, 5.74) is 0.445. The summed E-state index contributed by atoms with van der Waals surface area (Å²) in [6.07, 6.45) is -1.24. The molecule has 25 heavy (non-hydrogen) atoms. The molecule has 134 valence electrons. The lowest BCUT2D eigenvalue weighted by molar-refractivity contribution is -0.137. The molecule has 1 fully saturated rings. The standard InChI is InChI=1S/C18H20F3N3O/c1-11-6-13(18(19,20)21)9-17(23-11)24-16(12-7-15(25)8-12)10-14-4-2-3-5-22-14/h2-6,9,12,15-16,25H,7-8,10H2,1H3,(H,23,24). The molecule has 1 saturated carbocycles. The Bertz CT molecular complexity index is 715. The maximum atomic E-state index is 13.0. The number of aliphatic hydroxyl groups excluding tert-OH is 1. The van der Waals surface area contributed by atoms with Gasteiger partial charge in [-0.3, -0.25) is 4.98 Å². The monoisotopic (exact) mass is 351 g/mol.